The van der Waals surface area contributed by atoms with Crippen LogP contribution in [0, 0.1) is 0 Å². The molecule has 1 saturated heterocycles. The van der Waals surface area contributed by atoms with Crippen LogP contribution in [0.25, 0.3) is 0 Å². The van der Waals surface area contributed by atoms with Crippen LogP contribution in [0.2, 0.25) is 0 Å². The molecule has 0 spiro atoms. The highest BCUT2D eigenvalue weighted by Gasteiger charge is 2.25. The Morgan fingerprint density at radius 2 is 1.82 bits per heavy atom. The molecule has 0 aromatic heterocycles. The van der Waals surface area contributed by atoms with E-state index in [0.29, 0.717) is 0 Å². The zero-order chi connectivity index (χ0) is 12.7. The second-order valence-corrected chi connectivity index (χ2v) is 4.34. The minimum absolute atomic E-state index is 0.00305. The van der Waals surface area contributed by atoms with E-state index in [0.717, 1.165) is 32.4 Å². The molecule has 0 aromatic rings. The number of hydrogen-bond donors (Lipinski definition) is 1. The number of likely N-dealkylation sites (tertiary alicyclic amines) is 1. The number of piperidine rings is 1. The second kappa shape index (κ2) is 6.83. The first kappa shape index (κ1) is 14.3. The summed E-state index contributed by atoms with van der Waals surface area (Å²) in [7, 11) is 0. The SMILES string of the molecule is O=C(CNCCCC(F)(F)F)N1CCCCC1. The van der Waals surface area contributed by atoms with Gasteiger partial charge in [-0.25, -0.2) is 0 Å². The normalized spacial score (nSPS) is 17.2. The predicted octanol–water partition coefficient (Wildman–Crippen LogP) is 1.93. The van der Waals surface area contributed by atoms with Crippen molar-refractivity contribution in [2.75, 3.05) is 26.2 Å². The van der Waals surface area contributed by atoms with Gasteiger partial charge >= 0.3 is 6.18 Å². The van der Waals surface area contributed by atoms with E-state index >= 15 is 0 Å². The van der Waals surface area contributed by atoms with Gasteiger partial charge < -0.3 is 10.2 Å². The molecule has 1 rings (SSSR count). The van der Waals surface area contributed by atoms with Gasteiger partial charge in [-0.1, -0.05) is 0 Å². The van der Waals surface area contributed by atoms with Crippen LogP contribution in [0.5, 0.6) is 0 Å². The summed E-state index contributed by atoms with van der Waals surface area (Å²) >= 11 is 0. The molecule has 0 atom stereocenters. The Hall–Kier alpha value is -0.780. The lowest BCUT2D eigenvalue weighted by molar-refractivity contribution is -0.135. The molecule has 0 radical (unpaired) electrons. The lowest BCUT2D eigenvalue weighted by Gasteiger charge is -2.26. The summed E-state index contributed by atoms with van der Waals surface area (Å²) in [5, 5.41) is 2.76. The third-order valence-corrected chi connectivity index (χ3v) is 2.80. The molecule has 1 fully saturated rings. The summed E-state index contributed by atoms with van der Waals surface area (Å²) in [5.74, 6) is -0.00305. The van der Waals surface area contributed by atoms with Crippen molar-refractivity contribution >= 4 is 5.91 Å². The lowest BCUT2D eigenvalue weighted by atomic mass is 10.1. The Morgan fingerprint density at radius 3 is 2.41 bits per heavy atom. The number of hydrogen-bond acceptors (Lipinski definition) is 2. The molecule has 1 N–H and O–H groups in total. The van der Waals surface area contributed by atoms with E-state index in [2.05, 4.69) is 5.32 Å². The van der Waals surface area contributed by atoms with Crippen LogP contribution in [-0.4, -0.2) is 43.2 Å². The van der Waals surface area contributed by atoms with E-state index in [9.17, 15) is 18.0 Å². The highest BCUT2D eigenvalue weighted by Crippen LogP contribution is 2.20. The number of nitrogens with one attached hydrogen (secondary N) is 1. The van der Waals surface area contributed by atoms with Gasteiger partial charge in [0, 0.05) is 19.5 Å². The molecule has 0 aliphatic carbocycles. The van der Waals surface area contributed by atoms with Gasteiger partial charge in [0.05, 0.1) is 6.54 Å². The van der Waals surface area contributed by atoms with Gasteiger partial charge in [-0.05, 0) is 32.2 Å². The first-order valence-corrected chi connectivity index (χ1v) is 6.04. The zero-order valence-corrected chi connectivity index (χ0v) is 9.85. The molecule has 3 nitrogen and oxygen atoms in total. The van der Waals surface area contributed by atoms with Gasteiger partial charge in [0.1, 0.15) is 0 Å². The molecule has 1 amide bonds. The van der Waals surface area contributed by atoms with Crippen molar-refractivity contribution in [3.63, 3.8) is 0 Å². The number of nitrogens with zero attached hydrogens (tertiary/aromatic N) is 1. The Bertz CT molecular complexity index is 237. The molecule has 1 aliphatic heterocycles. The van der Waals surface area contributed by atoms with Gasteiger partial charge in [0.15, 0.2) is 0 Å². The molecular weight excluding hydrogens is 233 g/mol. The lowest BCUT2D eigenvalue weighted by Crippen LogP contribution is -2.41. The third kappa shape index (κ3) is 6.51. The van der Waals surface area contributed by atoms with Crippen LogP contribution in [0.1, 0.15) is 32.1 Å². The standard InChI is InChI=1S/C11H19F3N2O/c12-11(13,14)5-4-6-15-9-10(17)16-7-2-1-3-8-16/h15H,1-9H2. The fraction of sp³-hybridized carbons (Fsp3) is 0.909. The Kier molecular flexibility index (Phi) is 5.74. The maximum Gasteiger partial charge on any atom is 0.389 e. The van der Waals surface area contributed by atoms with Gasteiger partial charge in [-0.3, -0.25) is 4.79 Å². The van der Waals surface area contributed by atoms with E-state index in [-0.39, 0.29) is 25.4 Å². The van der Waals surface area contributed by atoms with Crippen molar-refractivity contribution in [3.05, 3.63) is 0 Å². The summed E-state index contributed by atoms with van der Waals surface area (Å²) < 4.78 is 35.5. The van der Waals surface area contributed by atoms with Crippen LogP contribution in [-0.2, 0) is 4.79 Å². The van der Waals surface area contributed by atoms with Crippen LogP contribution < -0.4 is 5.32 Å². The summed E-state index contributed by atoms with van der Waals surface area (Å²) in [4.78, 5) is 13.4. The van der Waals surface area contributed by atoms with Crippen LogP contribution in [0.4, 0.5) is 13.2 Å². The van der Waals surface area contributed by atoms with E-state index in [1.54, 1.807) is 4.90 Å². The van der Waals surface area contributed by atoms with E-state index in [4.69, 9.17) is 0 Å². The maximum atomic E-state index is 11.8. The van der Waals surface area contributed by atoms with Crippen molar-refractivity contribution in [1.29, 1.82) is 0 Å². The van der Waals surface area contributed by atoms with Crippen molar-refractivity contribution in [2.24, 2.45) is 0 Å². The fourth-order valence-corrected chi connectivity index (χ4v) is 1.86. The number of rotatable bonds is 5. The minimum atomic E-state index is -4.10. The Morgan fingerprint density at radius 1 is 1.18 bits per heavy atom. The average molecular weight is 252 g/mol. The van der Waals surface area contributed by atoms with Crippen molar-refractivity contribution in [1.82, 2.24) is 10.2 Å². The van der Waals surface area contributed by atoms with Gasteiger partial charge in [0.2, 0.25) is 5.91 Å². The maximum absolute atomic E-state index is 11.8. The molecule has 6 heteroatoms. The molecule has 0 unspecified atom stereocenters. The van der Waals surface area contributed by atoms with E-state index in [1.165, 1.54) is 0 Å². The molecule has 17 heavy (non-hydrogen) atoms. The largest absolute Gasteiger partial charge is 0.389 e. The highest BCUT2D eigenvalue weighted by molar-refractivity contribution is 5.78. The number of halogens is 3. The van der Waals surface area contributed by atoms with Crippen LogP contribution >= 0.6 is 0 Å². The van der Waals surface area contributed by atoms with E-state index in [1.807, 2.05) is 0 Å². The molecule has 100 valence electrons. The van der Waals surface area contributed by atoms with Crippen molar-refractivity contribution in [3.8, 4) is 0 Å². The topological polar surface area (TPSA) is 32.3 Å². The second-order valence-electron chi connectivity index (χ2n) is 4.34. The monoisotopic (exact) mass is 252 g/mol. The quantitative estimate of drug-likeness (QED) is 0.758. The molecule has 0 aromatic carbocycles. The Balaban J connectivity index is 2.04. The van der Waals surface area contributed by atoms with Crippen LogP contribution in [0.15, 0.2) is 0 Å². The van der Waals surface area contributed by atoms with Crippen molar-refractivity contribution in [2.45, 2.75) is 38.3 Å². The smallest absolute Gasteiger partial charge is 0.342 e. The predicted molar refractivity (Wildman–Crippen MR) is 58.6 cm³/mol. The van der Waals surface area contributed by atoms with Crippen molar-refractivity contribution < 1.29 is 18.0 Å². The van der Waals surface area contributed by atoms with Crippen LogP contribution in [0.3, 0.4) is 0 Å². The fourth-order valence-electron chi connectivity index (χ4n) is 1.86. The van der Waals surface area contributed by atoms with Gasteiger partial charge in [0.25, 0.3) is 0 Å². The van der Waals surface area contributed by atoms with Gasteiger partial charge in [-0.2, -0.15) is 13.2 Å². The zero-order valence-electron chi connectivity index (χ0n) is 9.85. The summed E-state index contributed by atoms with van der Waals surface area (Å²) in [6.07, 6.45) is -1.66. The molecule has 1 heterocycles. The summed E-state index contributed by atoms with van der Waals surface area (Å²) in [6.45, 7) is 1.95. The highest BCUT2D eigenvalue weighted by atomic mass is 19.4. The third-order valence-electron chi connectivity index (χ3n) is 2.80. The molecule has 0 saturated carbocycles. The first-order chi connectivity index (χ1) is 7.99. The minimum Gasteiger partial charge on any atom is -0.342 e. The molecular formula is C11H19F3N2O. The Labute approximate surface area is 99.4 Å². The summed E-state index contributed by atoms with van der Waals surface area (Å²) in [5.41, 5.74) is 0. The number of amides is 1. The van der Waals surface area contributed by atoms with Gasteiger partial charge in [-0.15, -0.1) is 0 Å². The number of carbonyl (C=O) groups is 1. The van der Waals surface area contributed by atoms with E-state index < -0.39 is 12.6 Å². The number of alkyl halides is 3. The molecule has 0 bridgehead atoms. The molecule has 1 aliphatic rings. The first-order valence-electron chi connectivity index (χ1n) is 6.04. The average Bonchev–Trinajstić information content (AvgIpc) is 2.28. The number of carbonyl (C=O) groups excluding carboxylic acids is 1. The summed E-state index contributed by atoms with van der Waals surface area (Å²) in [6, 6.07) is 0.